The lowest BCUT2D eigenvalue weighted by molar-refractivity contribution is -0.143. The summed E-state index contributed by atoms with van der Waals surface area (Å²) >= 11 is 4.72. The third kappa shape index (κ3) is 7.69. The molecule has 2 heterocycles. The van der Waals surface area contributed by atoms with Crippen LogP contribution in [0.5, 0.6) is 17.2 Å². The molecular formula is C35H32BrFN2O8S. The van der Waals surface area contributed by atoms with E-state index in [1.54, 1.807) is 69.3 Å². The van der Waals surface area contributed by atoms with E-state index in [-0.39, 0.29) is 36.8 Å². The molecule has 0 bridgehead atoms. The first kappa shape index (κ1) is 34.6. The molecule has 0 N–H and O–H groups in total. The van der Waals surface area contributed by atoms with E-state index in [1.807, 2.05) is 6.07 Å². The molecule has 1 aliphatic rings. The number of rotatable bonds is 12. The summed E-state index contributed by atoms with van der Waals surface area (Å²) in [6.45, 7) is 5.49. The molecule has 0 radical (unpaired) electrons. The highest BCUT2D eigenvalue weighted by Crippen LogP contribution is 2.36. The SMILES string of the molecule is CCOC(=O)C1=C(C)N=c2s/c(=C\c3ccc(OCc4cccc(F)c4)c(Br)c3)c(=O)n2[C@@H]1c1ccc(OCC(=O)OC)c(OCC)c1. The smallest absolute Gasteiger partial charge is 0.343 e. The second kappa shape index (κ2) is 15.4. The van der Waals surface area contributed by atoms with Gasteiger partial charge in [0.15, 0.2) is 22.9 Å². The molecule has 0 spiro atoms. The molecule has 1 aromatic heterocycles. The minimum atomic E-state index is -0.887. The molecule has 10 nitrogen and oxygen atoms in total. The van der Waals surface area contributed by atoms with Gasteiger partial charge in [0.2, 0.25) is 0 Å². The minimum absolute atomic E-state index is 0.133. The number of hydrogen-bond donors (Lipinski definition) is 0. The lowest BCUT2D eigenvalue weighted by Crippen LogP contribution is -2.40. The van der Waals surface area contributed by atoms with Gasteiger partial charge in [0.25, 0.3) is 5.56 Å². The number of carbonyl (C=O) groups excluding carboxylic acids is 2. The number of nitrogens with zero attached hydrogens (tertiary/aromatic N) is 2. The molecule has 1 aliphatic heterocycles. The molecule has 4 aromatic rings. The van der Waals surface area contributed by atoms with Crippen LogP contribution in [0.2, 0.25) is 0 Å². The molecular weight excluding hydrogens is 707 g/mol. The van der Waals surface area contributed by atoms with Crippen molar-refractivity contribution in [2.75, 3.05) is 26.9 Å². The van der Waals surface area contributed by atoms with E-state index in [9.17, 15) is 18.8 Å². The van der Waals surface area contributed by atoms with Crippen molar-refractivity contribution in [3.05, 3.63) is 119 Å². The molecule has 48 heavy (non-hydrogen) atoms. The first-order chi connectivity index (χ1) is 23.1. The van der Waals surface area contributed by atoms with Gasteiger partial charge in [-0.2, -0.15) is 0 Å². The van der Waals surface area contributed by atoms with E-state index in [1.165, 1.54) is 35.1 Å². The Hall–Kier alpha value is -4.75. The summed E-state index contributed by atoms with van der Waals surface area (Å²) in [6, 6.07) is 15.7. The first-order valence-corrected chi connectivity index (χ1v) is 16.6. The van der Waals surface area contributed by atoms with Gasteiger partial charge in [0.05, 0.1) is 46.6 Å². The van der Waals surface area contributed by atoms with Crippen molar-refractivity contribution in [2.24, 2.45) is 4.99 Å². The third-order valence-electron chi connectivity index (χ3n) is 7.21. The van der Waals surface area contributed by atoms with Crippen molar-refractivity contribution < 1.29 is 37.7 Å². The second-order valence-corrected chi connectivity index (χ2v) is 12.3. The summed E-state index contributed by atoms with van der Waals surface area (Å²) in [6.07, 6.45) is 1.74. The lowest BCUT2D eigenvalue weighted by Gasteiger charge is -2.25. The van der Waals surface area contributed by atoms with Crippen LogP contribution < -0.4 is 29.1 Å². The van der Waals surface area contributed by atoms with Gasteiger partial charge in [0.1, 0.15) is 18.2 Å². The fourth-order valence-electron chi connectivity index (χ4n) is 5.05. The summed E-state index contributed by atoms with van der Waals surface area (Å²) in [5.41, 5.74) is 2.23. The Morgan fingerprint density at radius 2 is 1.79 bits per heavy atom. The number of carbonyl (C=O) groups is 2. The minimum Gasteiger partial charge on any atom is -0.490 e. The monoisotopic (exact) mass is 738 g/mol. The average Bonchev–Trinajstić information content (AvgIpc) is 3.36. The van der Waals surface area contributed by atoms with E-state index in [0.717, 1.165) is 0 Å². The summed E-state index contributed by atoms with van der Waals surface area (Å²) in [7, 11) is 1.26. The molecule has 0 amide bonds. The number of aromatic nitrogens is 1. The van der Waals surface area contributed by atoms with Crippen molar-refractivity contribution in [1.29, 1.82) is 0 Å². The molecule has 3 aromatic carbocycles. The summed E-state index contributed by atoms with van der Waals surface area (Å²) in [4.78, 5) is 44.2. The molecule has 0 fully saturated rings. The standard InChI is InChI=1S/C35H32BrFN2O8S/c1-5-44-28-17-23(11-13-27(28)47-19-30(40)43-4)32-31(34(42)45-6-2)20(3)38-35-39(32)33(41)29(48-35)16-21-10-12-26(25(36)15-21)46-18-22-8-7-9-24(37)14-22/h7-17,32H,5-6,18-19H2,1-4H3/b29-16-/t32-/m1/s1. The number of hydrogen-bond acceptors (Lipinski definition) is 10. The molecule has 250 valence electrons. The van der Waals surface area contributed by atoms with E-state index >= 15 is 0 Å². The second-order valence-electron chi connectivity index (χ2n) is 10.4. The summed E-state index contributed by atoms with van der Waals surface area (Å²) in [5.74, 6) is -0.323. The Kier molecular flexibility index (Phi) is 11.1. The van der Waals surface area contributed by atoms with Crippen LogP contribution in [-0.4, -0.2) is 43.4 Å². The fourth-order valence-corrected chi connectivity index (χ4v) is 6.61. The van der Waals surface area contributed by atoms with Crippen LogP contribution in [0, 0.1) is 5.82 Å². The Balaban J connectivity index is 1.54. The first-order valence-electron chi connectivity index (χ1n) is 15.0. The van der Waals surface area contributed by atoms with Crippen molar-refractivity contribution in [1.82, 2.24) is 4.57 Å². The van der Waals surface area contributed by atoms with Crippen molar-refractivity contribution in [3.8, 4) is 17.2 Å². The zero-order valence-electron chi connectivity index (χ0n) is 26.6. The molecule has 0 unspecified atom stereocenters. The predicted molar refractivity (Wildman–Crippen MR) is 180 cm³/mol. The number of fused-ring (bicyclic) bond motifs is 1. The van der Waals surface area contributed by atoms with Crippen LogP contribution in [0.1, 0.15) is 43.5 Å². The van der Waals surface area contributed by atoms with Crippen LogP contribution in [-0.2, 0) is 25.7 Å². The van der Waals surface area contributed by atoms with Crippen LogP contribution in [0.4, 0.5) is 4.39 Å². The van der Waals surface area contributed by atoms with Gasteiger partial charge in [-0.05, 0) is 95.9 Å². The van der Waals surface area contributed by atoms with Crippen LogP contribution in [0.25, 0.3) is 6.08 Å². The Labute approximate surface area is 287 Å². The average molecular weight is 740 g/mol. The summed E-state index contributed by atoms with van der Waals surface area (Å²) in [5, 5.41) is 0. The largest absolute Gasteiger partial charge is 0.490 e. The number of methoxy groups -OCH3 is 1. The predicted octanol–water partition coefficient (Wildman–Crippen LogP) is 5.23. The van der Waals surface area contributed by atoms with Crippen LogP contribution >= 0.6 is 27.3 Å². The summed E-state index contributed by atoms with van der Waals surface area (Å²) < 4.78 is 43.5. The number of allylic oxidation sites excluding steroid dienone is 1. The zero-order chi connectivity index (χ0) is 34.4. The number of ether oxygens (including phenoxy) is 5. The number of thiazole rings is 1. The van der Waals surface area contributed by atoms with Gasteiger partial charge in [-0.25, -0.2) is 19.0 Å². The van der Waals surface area contributed by atoms with Gasteiger partial charge in [0, 0.05) is 0 Å². The fraction of sp³-hybridized carbons (Fsp3) is 0.257. The molecule has 0 aliphatic carbocycles. The molecule has 0 saturated carbocycles. The molecule has 1 atom stereocenters. The van der Waals surface area contributed by atoms with Crippen LogP contribution in [0.3, 0.4) is 0 Å². The zero-order valence-corrected chi connectivity index (χ0v) is 29.0. The van der Waals surface area contributed by atoms with Gasteiger partial charge in [-0.3, -0.25) is 9.36 Å². The van der Waals surface area contributed by atoms with Gasteiger partial charge < -0.3 is 23.7 Å². The number of benzene rings is 3. The quantitative estimate of drug-likeness (QED) is 0.182. The van der Waals surface area contributed by atoms with E-state index in [4.69, 9.17) is 18.9 Å². The Morgan fingerprint density at radius 3 is 2.50 bits per heavy atom. The molecule has 5 rings (SSSR count). The Bertz CT molecular complexity index is 2070. The van der Waals surface area contributed by atoms with Gasteiger partial charge in [-0.15, -0.1) is 0 Å². The van der Waals surface area contributed by atoms with Crippen molar-refractivity contribution in [2.45, 2.75) is 33.4 Å². The normalized spacial score (nSPS) is 14.2. The Morgan fingerprint density at radius 1 is 1.00 bits per heavy atom. The van der Waals surface area contributed by atoms with Crippen LogP contribution in [0.15, 0.2) is 86.2 Å². The molecule has 0 saturated heterocycles. The highest BCUT2D eigenvalue weighted by molar-refractivity contribution is 9.10. The maximum Gasteiger partial charge on any atom is 0.343 e. The lowest BCUT2D eigenvalue weighted by atomic mass is 9.95. The highest BCUT2D eigenvalue weighted by Gasteiger charge is 2.34. The maximum atomic E-state index is 14.1. The van der Waals surface area contributed by atoms with Gasteiger partial charge >= 0.3 is 11.9 Å². The van der Waals surface area contributed by atoms with E-state index in [0.29, 0.717) is 60.0 Å². The van der Waals surface area contributed by atoms with E-state index < -0.39 is 18.0 Å². The third-order valence-corrected chi connectivity index (χ3v) is 8.81. The maximum absolute atomic E-state index is 14.1. The van der Waals surface area contributed by atoms with Gasteiger partial charge in [-0.1, -0.05) is 35.6 Å². The van der Waals surface area contributed by atoms with Crippen molar-refractivity contribution in [3.63, 3.8) is 0 Å². The topological polar surface area (TPSA) is 115 Å². The van der Waals surface area contributed by atoms with Crippen molar-refractivity contribution >= 4 is 45.3 Å². The molecule has 13 heteroatoms. The highest BCUT2D eigenvalue weighted by atomic mass is 79.9. The van der Waals surface area contributed by atoms with E-state index in [2.05, 4.69) is 25.7 Å². The number of halogens is 2. The number of esters is 2.